The number of hydrogen-bond donors (Lipinski definition) is 2. The fourth-order valence-electron chi connectivity index (χ4n) is 5.78. The van der Waals surface area contributed by atoms with E-state index < -0.39 is 17.4 Å². The van der Waals surface area contributed by atoms with E-state index in [0.29, 0.717) is 48.6 Å². The van der Waals surface area contributed by atoms with E-state index in [4.69, 9.17) is 0 Å². The molecule has 2 N–H and O–H groups in total. The Morgan fingerprint density at radius 2 is 1.95 bits per heavy atom. The maximum atomic E-state index is 13.6. The molecule has 2 aliphatic rings. The smallest absolute Gasteiger partial charge is 0.264 e. The molecular weight excluding hydrogens is 518 g/mol. The number of anilines is 2. The highest BCUT2D eigenvalue weighted by Crippen LogP contribution is 2.46. The highest BCUT2D eigenvalue weighted by molar-refractivity contribution is 6.08. The molecule has 9 nitrogen and oxygen atoms in total. The number of benzene rings is 2. The summed E-state index contributed by atoms with van der Waals surface area (Å²) in [4.78, 5) is 29.5. The molecule has 1 unspecified atom stereocenters. The Morgan fingerprint density at radius 3 is 2.68 bits per heavy atom. The van der Waals surface area contributed by atoms with Crippen molar-refractivity contribution in [2.24, 2.45) is 5.92 Å². The number of nitrogens with zero attached hydrogens (tertiary/aromatic N) is 5. The van der Waals surface area contributed by atoms with Crippen LogP contribution in [0.15, 0.2) is 79.5 Å². The third kappa shape index (κ3) is 5.47. The topological polar surface area (TPSA) is 112 Å². The van der Waals surface area contributed by atoms with Gasteiger partial charge in [-0.2, -0.15) is 0 Å². The molecule has 1 aromatic heterocycles. The summed E-state index contributed by atoms with van der Waals surface area (Å²) < 4.78 is 1.73. The summed E-state index contributed by atoms with van der Waals surface area (Å²) >= 11 is 0. The van der Waals surface area contributed by atoms with Gasteiger partial charge in [0.05, 0.1) is 23.9 Å². The summed E-state index contributed by atoms with van der Waals surface area (Å²) in [6.07, 6.45) is 10.2. The summed E-state index contributed by atoms with van der Waals surface area (Å²) in [5.74, 6) is -1.11. The van der Waals surface area contributed by atoms with Crippen LogP contribution in [0.4, 0.5) is 11.4 Å². The van der Waals surface area contributed by atoms with Crippen molar-refractivity contribution >= 4 is 23.2 Å². The van der Waals surface area contributed by atoms with Gasteiger partial charge in [0.2, 0.25) is 5.91 Å². The number of hydrogen-bond acceptors (Lipinski definition) is 6. The molecule has 3 heterocycles. The van der Waals surface area contributed by atoms with E-state index in [9.17, 15) is 19.8 Å². The first-order valence-corrected chi connectivity index (χ1v) is 14.2. The maximum absolute atomic E-state index is 13.6. The van der Waals surface area contributed by atoms with Crippen molar-refractivity contribution in [1.82, 2.24) is 15.0 Å². The van der Waals surface area contributed by atoms with Gasteiger partial charge in [0.15, 0.2) is 5.60 Å². The van der Waals surface area contributed by atoms with Gasteiger partial charge in [0.1, 0.15) is 0 Å². The van der Waals surface area contributed by atoms with E-state index in [1.54, 1.807) is 26.6 Å². The Labute approximate surface area is 240 Å². The van der Waals surface area contributed by atoms with Gasteiger partial charge in [-0.1, -0.05) is 60.7 Å². The Morgan fingerprint density at radius 1 is 1.15 bits per heavy atom. The number of carbonyl (C=O) groups is 2. The van der Waals surface area contributed by atoms with E-state index in [-0.39, 0.29) is 25.0 Å². The maximum Gasteiger partial charge on any atom is 0.264 e. The molecule has 214 valence electrons. The van der Waals surface area contributed by atoms with Gasteiger partial charge in [0.25, 0.3) is 5.91 Å². The second-order valence-corrected chi connectivity index (χ2v) is 10.7. The molecule has 0 radical (unpaired) electrons. The largest absolute Gasteiger partial charge is 0.395 e. The van der Waals surface area contributed by atoms with E-state index in [2.05, 4.69) is 16.9 Å². The second kappa shape index (κ2) is 12.2. The van der Waals surface area contributed by atoms with Crippen LogP contribution in [-0.2, 0) is 21.7 Å². The third-order valence-corrected chi connectivity index (χ3v) is 8.11. The van der Waals surface area contributed by atoms with Crippen molar-refractivity contribution in [2.75, 3.05) is 29.5 Å². The standard InChI is InChI=1S/C32H37N5O4/c1-3-17-37-29-16-15-25(36-19-10-8-14-30(36)39)20-27(29)32(41,31(37)40)23(2)11-7-9-18-35-21-28(33-34-35)26(22-38)24-12-5-4-6-13-24/h3-7,11-13,15-16,20-21,23,26,38,41H,1,8-10,14,17-19,22H2,2H3/b11-7+/t23-,26?,32+/m1/s1. The van der Waals surface area contributed by atoms with Crippen molar-refractivity contribution in [3.8, 4) is 0 Å². The summed E-state index contributed by atoms with van der Waals surface area (Å²) in [5.41, 5.74) is 1.75. The van der Waals surface area contributed by atoms with Gasteiger partial charge < -0.3 is 20.0 Å². The molecule has 0 aliphatic carbocycles. The molecule has 3 aromatic rings. The number of fused-ring (bicyclic) bond motifs is 1. The van der Waals surface area contributed by atoms with Crippen LogP contribution in [0, 0.1) is 5.92 Å². The minimum Gasteiger partial charge on any atom is -0.395 e. The number of amides is 2. The van der Waals surface area contributed by atoms with Crippen LogP contribution in [0.3, 0.4) is 0 Å². The van der Waals surface area contributed by atoms with Gasteiger partial charge in [-0.15, -0.1) is 11.7 Å². The van der Waals surface area contributed by atoms with Crippen LogP contribution >= 0.6 is 0 Å². The predicted octanol–water partition coefficient (Wildman–Crippen LogP) is 3.92. The van der Waals surface area contributed by atoms with Crippen LogP contribution in [0.2, 0.25) is 0 Å². The average Bonchev–Trinajstić information content (AvgIpc) is 3.54. The number of rotatable bonds is 11. The Balaban J connectivity index is 1.31. The first kappa shape index (κ1) is 28.4. The van der Waals surface area contributed by atoms with E-state index >= 15 is 0 Å². The van der Waals surface area contributed by atoms with Crippen LogP contribution < -0.4 is 9.80 Å². The second-order valence-electron chi connectivity index (χ2n) is 10.7. The van der Waals surface area contributed by atoms with Crippen LogP contribution in [0.1, 0.15) is 55.3 Å². The number of aliphatic hydroxyl groups is 2. The lowest BCUT2D eigenvalue weighted by Crippen LogP contribution is -2.44. The van der Waals surface area contributed by atoms with Crippen molar-refractivity contribution in [2.45, 2.75) is 50.7 Å². The SMILES string of the molecule is C=CCN1C(=O)[C@](O)([C@H](C)/C=C/CCn2cc(C(CO)c3ccccc3)nn2)c2cc(N3CCCCC3=O)ccc21. The summed E-state index contributed by atoms with van der Waals surface area (Å²) in [6.45, 7) is 7.00. The molecule has 0 saturated carbocycles. The average molecular weight is 556 g/mol. The van der Waals surface area contributed by atoms with Gasteiger partial charge in [-0.25, -0.2) is 0 Å². The number of aliphatic hydroxyl groups excluding tert-OH is 1. The van der Waals surface area contributed by atoms with E-state index in [0.717, 1.165) is 18.4 Å². The fourth-order valence-corrected chi connectivity index (χ4v) is 5.78. The quantitative estimate of drug-likeness (QED) is 0.347. The monoisotopic (exact) mass is 555 g/mol. The Bertz CT molecular complexity index is 1430. The number of carbonyl (C=O) groups excluding carboxylic acids is 2. The Hall–Kier alpha value is -4.08. The van der Waals surface area contributed by atoms with Gasteiger partial charge in [-0.3, -0.25) is 14.3 Å². The fraction of sp³-hybridized carbons (Fsp3) is 0.375. The minimum absolute atomic E-state index is 0.0605. The van der Waals surface area contributed by atoms with Crippen molar-refractivity contribution in [3.05, 3.63) is 96.4 Å². The molecule has 9 heteroatoms. The molecule has 1 fully saturated rings. The predicted molar refractivity (Wildman–Crippen MR) is 157 cm³/mol. The molecule has 41 heavy (non-hydrogen) atoms. The Kier molecular flexibility index (Phi) is 8.46. The normalized spacial score (nSPS) is 20.5. The molecule has 2 aliphatic heterocycles. The molecule has 2 aromatic carbocycles. The van der Waals surface area contributed by atoms with Crippen LogP contribution in [-0.4, -0.2) is 56.7 Å². The van der Waals surface area contributed by atoms with Gasteiger partial charge in [0, 0.05) is 49.4 Å². The van der Waals surface area contributed by atoms with Gasteiger partial charge in [-0.05, 0) is 43.0 Å². The molecule has 5 rings (SSSR count). The molecule has 0 bridgehead atoms. The first-order valence-electron chi connectivity index (χ1n) is 14.2. The molecule has 1 saturated heterocycles. The lowest BCUT2D eigenvalue weighted by Gasteiger charge is -2.30. The van der Waals surface area contributed by atoms with Gasteiger partial charge >= 0.3 is 0 Å². The lowest BCUT2D eigenvalue weighted by molar-refractivity contribution is -0.139. The molecule has 2 amide bonds. The summed E-state index contributed by atoms with van der Waals surface area (Å²) in [6, 6.07) is 15.2. The van der Waals surface area contributed by atoms with Crippen molar-refractivity contribution in [1.29, 1.82) is 0 Å². The van der Waals surface area contributed by atoms with E-state index in [1.807, 2.05) is 67.7 Å². The molecule has 3 atom stereocenters. The zero-order valence-electron chi connectivity index (χ0n) is 23.4. The molecule has 0 spiro atoms. The number of piperidine rings is 1. The first-order chi connectivity index (χ1) is 19.9. The zero-order chi connectivity index (χ0) is 29.0. The van der Waals surface area contributed by atoms with E-state index in [1.165, 1.54) is 0 Å². The lowest BCUT2D eigenvalue weighted by atomic mass is 9.82. The zero-order valence-corrected chi connectivity index (χ0v) is 23.4. The van der Waals surface area contributed by atoms with Crippen LogP contribution in [0.25, 0.3) is 0 Å². The highest BCUT2D eigenvalue weighted by atomic mass is 16.3. The number of aryl methyl sites for hydroxylation is 1. The third-order valence-electron chi connectivity index (χ3n) is 8.11. The number of allylic oxidation sites excluding steroid dienone is 1. The molecular formula is C32H37N5O4. The van der Waals surface area contributed by atoms with Crippen LogP contribution in [0.5, 0.6) is 0 Å². The summed E-state index contributed by atoms with van der Waals surface area (Å²) in [5, 5.41) is 30.4. The van der Waals surface area contributed by atoms with Crippen molar-refractivity contribution < 1.29 is 19.8 Å². The van der Waals surface area contributed by atoms with Crippen molar-refractivity contribution in [3.63, 3.8) is 0 Å². The number of aromatic nitrogens is 3. The highest BCUT2D eigenvalue weighted by Gasteiger charge is 2.52. The minimum atomic E-state index is -1.77. The summed E-state index contributed by atoms with van der Waals surface area (Å²) in [7, 11) is 0.